The van der Waals surface area contributed by atoms with Crippen LogP contribution in [0.4, 0.5) is 5.69 Å². The van der Waals surface area contributed by atoms with Gasteiger partial charge in [-0.25, -0.2) is 0 Å². The number of aryl methyl sites for hydroxylation is 1. The van der Waals surface area contributed by atoms with Gasteiger partial charge in [-0.05, 0) is 12.5 Å². The molecule has 0 atom stereocenters. The molecule has 90 valence electrons. The molecule has 0 fully saturated rings. The molecule has 0 amide bonds. The summed E-state index contributed by atoms with van der Waals surface area (Å²) in [6.07, 6.45) is 0. The molecule has 1 aromatic heterocycles. The number of anilines is 1. The molecule has 0 spiro atoms. The fourth-order valence-corrected chi connectivity index (χ4v) is 1.60. The molecule has 0 aromatic carbocycles. The molecular formula is C8H12N2O5S. The molecule has 0 unspecified atom stereocenters. The Balaban J connectivity index is 3.16. The lowest BCUT2D eigenvalue weighted by Crippen LogP contribution is -2.24. The SMILES string of the molecule is Cc1cc(=O)n(CCS(=O)(=O)O)c(O)c1N. The zero-order valence-electron chi connectivity index (χ0n) is 8.54. The van der Waals surface area contributed by atoms with E-state index in [1.807, 2.05) is 0 Å². The summed E-state index contributed by atoms with van der Waals surface area (Å²) >= 11 is 0. The van der Waals surface area contributed by atoms with E-state index in [0.29, 0.717) is 5.56 Å². The standard InChI is InChI=1S/C8H12N2O5S/c1-5-4-6(11)10(8(12)7(5)9)2-3-16(13,14)15/h4,12H,2-3,9H2,1H3,(H,13,14,15). The predicted octanol–water partition coefficient (Wildman–Crippen LogP) is -0.668. The molecule has 7 nitrogen and oxygen atoms in total. The third-order valence-corrected chi connectivity index (χ3v) is 2.80. The fourth-order valence-electron chi connectivity index (χ4n) is 1.19. The largest absolute Gasteiger partial charge is 0.493 e. The van der Waals surface area contributed by atoms with Gasteiger partial charge in [0.25, 0.3) is 15.7 Å². The van der Waals surface area contributed by atoms with Crippen molar-refractivity contribution in [3.8, 4) is 5.88 Å². The number of hydrogen-bond donors (Lipinski definition) is 3. The van der Waals surface area contributed by atoms with E-state index >= 15 is 0 Å². The summed E-state index contributed by atoms with van der Waals surface area (Å²) in [4.78, 5) is 11.4. The molecule has 0 saturated heterocycles. The van der Waals surface area contributed by atoms with Gasteiger partial charge in [0.2, 0.25) is 5.88 Å². The van der Waals surface area contributed by atoms with E-state index in [1.165, 1.54) is 6.07 Å². The maximum absolute atomic E-state index is 11.4. The first-order valence-electron chi connectivity index (χ1n) is 4.36. The summed E-state index contributed by atoms with van der Waals surface area (Å²) < 4.78 is 30.3. The number of rotatable bonds is 3. The predicted molar refractivity (Wildman–Crippen MR) is 57.9 cm³/mol. The van der Waals surface area contributed by atoms with Gasteiger partial charge in [-0.3, -0.25) is 13.9 Å². The minimum absolute atomic E-state index is 0.00920. The molecule has 1 heterocycles. The lowest BCUT2D eigenvalue weighted by atomic mass is 10.2. The second-order valence-electron chi connectivity index (χ2n) is 3.34. The maximum Gasteiger partial charge on any atom is 0.266 e. The van der Waals surface area contributed by atoms with E-state index in [0.717, 1.165) is 4.57 Å². The van der Waals surface area contributed by atoms with Crippen molar-refractivity contribution in [1.29, 1.82) is 0 Å². The van der Waals surface area contributed by atoms with Gasteiger partial charge < -0.3 is 10.8 Å². The topological polar surface area (TPSA) is 123 Å². The quantitative estimate of drug-likeness (QED) is 0.610. The lowest BCUT2D eigenvalue weighted by Gasteiger charge is -2.10. The van der Waals surface area contributed by atoms with E-state index in [4.69, 9.17) is 10.3 Å². The van der Waals surface area contributed by atoms with E-state index in [2.05, 4.69) is 0 Å². The summed E-state index contributed by atoms with van der Waals surface area (Å²) in [7, 11) is -4.19. The Kier molecular flexibility index (Phi) is 3.24. The molecule has 1 rings (SSSR count). The van der Waals surface area contributed by atoms with E-state index < -0.39 is 27.3 Å². The van der Waals surface area contributed by atoms with Crippen molar-refractivity contribution in [1.82, 2.24) is 4.57 Å². The van der Waals surface area contributed by atoms with Gasteiger partial charge >= 0.3 is 0 Å². The Morgan fingerprint density at radius 1 is 1.50 bits per heavy atom. The van der Waals surface area contributed by atoms with Gasteiger partial charge in [-0.2, -0.15) is 8.42 Å². The molecular weight excluding hydrogens is 236 g/mol. The second-order valence-corrected chi connectivity index (χ2v) is 4.91. The molecule has 0 saturated carbocycles. The van der Waals surface area contributed by atoms with Crippen LogP contribution in [-0.4, -0.2) is 28.4 Å². The van der Waals surface area contributed by atoms with Gasteiger partial charge in [-0.15, -0.1) is 0 Å². The van der Waals surface area contributed by atoms with Crippen LogP contribution in [0.1, 0.15) is 5.56 Å². The highest BCUT2D eigenvalue weighted by atomic mass is 32.2. The summed E-state index contributed by atoms with van der Waals surface area (Å²) in [5.74, 6) is -1.16. The first kappa shape index (κ1) is 12.5. The van der Waals surface area contributed by atoms with Crippen molar-refractivity contribution in [3.05, 3.63) is 22.0 Å². The van der Waals surface area contributed by atoms with Crippen molar-refractivity contribution in [3.63, 3.8) is 0 Å². The summed E-state index contributed by atoms with van der Waals surface area (Å²) in [6, 6.07) is 1.18. The van der Waals surface area contributed by atoms with E-state index in [-0.39, 0.29) is 12.2 Å². The summed E-state index contributed by atoms with van der Waals surface area (Å²) in [6.45, 7) is 1.19. The Morgan fingerprint density at radius 3 is 2.56 bits per heavy atom. The third-order valence-electron chi connectivity index (χ3n) is 2.10. The van der Waals surface area contributed by atoms with Crippen LogP contribution in [0.2, 0.25) is 0 Å². The minimum atomic E-state index is -4.19. The smallest absolute Gasteiger partial charge is 0.266 e. The first-order chi connectivity index (χ1) is 7.22. The minimum Gasteiger partial charge on any atom is -0.493 e. The van der Waals surface area contributed by atoms with E-state index in [1.54, 1.807) is 6.92 Å². The van der Waals surface area contributed by atoms with Crippen LogP contribution < -0.4 is 11.3 Å². The van der Waals surface area contributed by atoms with Crippen LogP contribution in [0, 0.1) is 6.92 Å². The lowest BCUT2D eigenvalue weighted by molar-refractivity contribution is 0.411. The highest BCUT2D eigenvalue weighted by Crippen LogP contribution is 2.20. The van der Waals surface area contributed by atoms with Crippen molar-refractivity contribution >= 4 is 15.8 Å². The average molecular weight is 248 g/mol. The van der Waals surface area contributed by atoms with Crippen molar-refractivity contribution in [2.24, 2.45) is 0 Å². The van der Waals surface area contributed by atoms with Gasteiger partial charge in [0.05, 0.1) is 11.4 Å². The van der Waals surface area contributed by atoms with Crippen molar-refractivity contribution < 1.29 is 18.1 Å². The highest BCUT2D eigenvalue weighted by Gasteiger charge is 2.12. The zero-order valence-corrected chi connectivity index (χ0v) is 9.36. The Morgan fingerprint density at radius 2 is 2.06 bits per heavy atom. The van der Waals surface area contributed by atoms with E-state index in [9.17, 15) is 18.3 Å². The van der Waals surface area contributed by atoms with Crippen LogP contribution in [0.25, 0.3) is 0 Å². The molecule has 1 aromatic rings. The highest BCUT2D eigenvalue weighted by molar-refractivity contribution is 7.85. The van der Waals surface area contributed by atoms with Gasteiger partial charge in [0, 0.05) is 12.6 Å². The first-order valence-corrected chi connectivity index (χ1v) is 5.97. The number of nitrogen functional groups attached to an aromatic ring is 1. The fraction of sp³-hybridized carbons (Fsp3) is 0.375. The van der Waals surface area contributed by atoms with Crippen LogP contribution in [0.15, 0.2) is 10.9 Å². The molecule has 0 aliphatic heterocycles. The Labute approximate surface area is 91.9 Å². The Bertz CT molecular complexity index is 561. The number of hydrogen-bond acceptors (Lipinski definition) is 5. The van der Waals surface area contributed by atoms with Crippen LogP contribution in [-0.2, 0) is 16.7 Å². The average Bonchev–Trinajstić information content (AvgIpc) is 2.12. The van der Waals surface area contributed by atoms with Crippen LogP contribution >= 0.6 is 0 Å². The van der Waals surface area contributed by atoms with Gasteiger partial charge in [0.15, 0.2) is 0 Å². The Hall–Kier alpha value is -1.54. The number of aromatic nitrogens is 1. The van der Waals surface area contributed by atoms with Crippen LogP contribution in [0.5, 0.6) is 5.88 Å². The van der Waals surface area contributed by atoms with Crippen molar-refractivity contribution in [2.75, 3.05) is 11.5 Å². The number of aromatic hydroxyl groups is 1. The third kappa shape index (κ3) is 2.74. The number of nitrogens with zero attached hydrogens (tertiary/aromatic N) is 1. The molecule has 0 aliphatic rings. The monoisotopic (exact) mass is 248 g/mol. The van der Waals surface area contributed by atoms with Gasteiger partial charge in [0.1, 0.15) is 0 Å². The molecule has 4 N–H and O–H groups in total. The normalized spacial score (nSPS) is 11.6. The number of nitrogens with two attached hydrogens (primary N) is 1. The zero-order chi connectivity index (χ0) is 12.5. The second kappa shape index (κ2) is 4.14. The maximum atomic E-state index is 11.4. The molecule has 0 aliphatic carbocycles. The molecule has 16 heavy (non-hydrogen) atoms. The summed E-state index contributed by atoms with van der Waals surface area (Å²) in [5, 5.41) is 9.52. The molecule has 0 radical (unpaired) electrons. The van der Waals surface area contributed by atoms with Crippen LogP contribution in [0.3, 0.4) is 0 Å². The molecule has 0 bridgehead atoms. The molecule has 8 heteroatoms. The summed E-state index contributed by atoms with van der Waals surface area (Å²) in [5.41, 5.74) is 5.31. The van der Waals surface area contributed by atoms with Crippen molar-refractivity contribution in [2.45, 2.75) is 13.5 Å². The number of pyridine rings is 1. The van der Waals surface area contributed by atoms with Gasteiger partial charge in [-0.1, -0.05) is 0 Å².